The summed E-state index contributed by atoms with van der Waals surface area (Å²) in [4.78, 5) is 27.3. The molecule has 0 radical (unpaired) electrons. The standard InChI is InChI=1S/C38H54N2O5/c1-3-4-5-6-7-8-9-16-25-39-37(42)43-30(2)45-38(31-19-12-10-13-20-31,32-21-14-11-15-22-32)36(41)44-35-28-33-23-24-34(29-35)40(33)26-17-18-27-40/h10-15,19-22,30,33-35H,3-9,16-18,23-29H2,1-2H3/p+1. The summed E-state index contributed by atoms with van der Waals surface area (Å²) in [5, 5.41) is 2.87. The van der Waals surface area contributed by atoms with Crippen LogP contribution in [0.1, 0.15) is 115 Å². The summed E-state index contributed by atoms with van der Waals surface area (Å²) >= 11 is 0. The Morgan fingerprint density at radius 2 is 1.36 bits per heavy atom. The van der Waals surface area contributed by atoms with Gasteiger partial charge in [-0.1, -0.05) is 113 Å². The summed E-state index contributed by atoms with van der Waals surface area (Å²) in [5.41, 5.74) is -0.285. The van der Waals surface area contributed by atoms with Gasteiger partial charge < -0.3 is 24.0 Å². The molecule has 1 spiro atoms. The number of piperidine rings is 1. The van der Waals surface area contributed by atoms with Crippen molar-refractivity contribution in [2.45, 2.75) is 134 Å². The van der Waals surface area contributed by atoms with Gasteiger partial charge in [-0.05, 0) is 24.5 Å². The largest absolute Gasteiger partial charge is 0.459 e. The van der Waals surface area contributed by atoms with Gasteiger partial charge in [0, 0.05) is 45.1 Å². The normalized spacial score (nSPS) is 22.7. The fourth-order valence-corrected chi connectivity index (χ4v) is 8.39. The fourth-order valence-electron chi connectivity index (χ4n) is 8.39. The van der Waals surface area contributed by atoms with Gasteiger partial charge in [-0.25, -0.2) is 9.59 Å². The molecule has 3 atom stereocenters. The van der Waals surface area contributed by atoms with Crippen LogP contribution in [0.25, 0.3) is 0 Å². The molecule has 7 heteroatoms. The van der Waals surface area contributed by atoms with Gasteiger partial charge in [-0.15, -0.1) is 0 Å². The fraction of sp³-hybridized carbons (Fsp3) is 0.632. The molecule has 2 bridgehead atoms. The van der Waals surface area contributed by atoms with Crippen molar-refractivity contribution >= 4 is 12.1 Å². The minimum Gasteiger partial charge on any atom is -0.459 e. The number of nitrogens with zero attached hydrogens (tertiary/aromatic N) is 1. The predicted octanol–water partition coefficient (Wildman–Crippen LogP) is 8.01. The van der Waals surface area contributed by atoms with Gasteiger partial charge in [0.2, 0.25) is 11.9 Å². The number of carbonyl (C=O) groups excluding carboxylic acids is 2. The van der Waals surface area contributed by atoms with Gasteiger partial charge in [0.25, 0.3) is 0 Å². The highest BCUT2D eigenvalue weighted by atomic mass is 16.7. The first-order valence-corrected chi connectivity index (χ1v) is 17.8. The number of amides is 1. The quantitative estimate of drug-likeness (QED) is 0.0892. The van der Waals surface area contributed by atoms with E-state index in [1.807, 2.05) is 60.7 Å². The monoisotopic (exact) mass is 619 g/mol. The van der Waals surface area contributed by atoms with Crippen molar-refractivity contribution in [3.63, 3.8) is 0 Å². The van der Waals surface area contributed by atoms with Gasteiger partial charge in [-0.3, -0.25) is 0 Å². The van der Waals surface area contributed by atoms with Crippen LogP contribution in [-0.4, -0.2) is 60.7 Å². The van der Waals surface area contributed by atoms with Crippen molar-refractivity contribution in [1.82, 2.24) is 5.32 Å². The van der Waals surface area contributed by atoms with E-state index in [0.29, 0.717) is 29.8 Å². The van der Waals surface area contributed by atoms with E-state index in [1.54, 1.807) is 6.92 Å². The van der Waals surface area contributed by atoms with Gasteiger partial charge in [-0.2, -0.15) is 0 Å². The molecule has 1 amide bonds. The second-order valence-electron chi connectivity index (χ2n) is 13.5. The van der Waals surface area contributed by atoms with Gasteiger partial charge >= 0.3 is 12.1 Å². The molecule has 3 saturated heterocycles. The van der Waals surface area contributed by atoms with Crippen LogP contribution in [0.15, 0.2) is 60.7 Å². The van der Waals surface area contributed by atoms with Crippen LogP contribution in [0.4, 0.5) is 4.79 Å². The zero-order valence-corrected chi connectivity index (χ0v) is 27.6. The van der Waals surface area contributed by atoms with E-state index in [-0.39, 0.29) is 6.10 Å². The number of esters is 1. The maximum atomic E-state index is 14.5. The lowest BCUT2D eigenvalue weighted by molar-refractivity contribution is -0.956. The molecule has 2 aromatic carbocycles. The average molecular weight is 620 g/mol. The minimum atomic E-state index is -1.59. The molecule has 3 fully saturated rings. The second-order valence-corrected chi connectivity index (χ2v) is 13.5. The summed E-state index contributed by atoms with van der Waals surface area (Å²) in [6.45, 7) is 7.00. The number of unbranched alkanes of at least 4 members (excludes halogenated alkanes) is 7. The molecule has 0 saturated carbocycles. The molecule has 3 heterocycles. The number of rotatable bonds is 16. The van der Waals surface area contributed by atoms with Crippen LogP contribution in [0, 0.1) is 0 Å². The van der Waals surface area contributed by atoms with Gasteiger partial charge in [0.15, 0.2) is 0 Å². The van der Waals surface area contributed by atoms with Crippen molar-refractivity contribution in [2.24, 2.45) is 0 Å². The molecule has 1 N–H and O–H groups in total. The first-order chi connectivity index (χ1) is 22.0. The number of benzene rings is 2. The van der Waals surface area contributed by atoms with E-state index in [0.717, 1.165) is 25.7 Å². The van der Waals surface area contributed by atoms with Crippen molar-refractivity contribution in [3.05, 3.63) is 71.8 Å². The first kappa shape index (κ1) is 33.5. The molecule has 2 aromatic rings. The van der Waals surface area contributed by atoms with Crippen molar-refractivity contribution in [3.8, 4) is 0 Å². The Morgan fingerprint density at radius 3 is 1.91 bits per heavy atom. The molecular formula is C38H55N2O5+. The maximum Gasteiger partial charge on any atom is 0.409 e. The number of alkyl carbamates (subject to hydrolysis) is 1. The second kappa shape index (κ2) is 16.1. The van der Waals surface area contributed by atoms with E-state index in [9.17, 15) is 9.59 Å². The van der Waals surface area contributed by atoms with E-state index >= 15 is 0 Å². The van der Waals surface area contributed by atoms with Crippen LogP contribution in [0.5, 0.6) is 0 Å². The molecule has 7 nitrogen and oxygen atoms in total. The molecule has 5 rings (SSSR count). The number of hydrogen-bond acceptors (Lipinski definition) is 5. The van der Waals surface area contributed by atoms with Crippen LogP contribution < -0.4 is 5.32 Å². The summed E-state index contributed by atoms with van der Waals surface area (Å²) in [6, 6.07) is 20.1. The lowest BCUT2D eigenvalue weighted by atomic mass is 9.85. The number of quaternary nitrogens is 1. The Bertz CT molecular complexity index is 1140. The first-order valence-electron chi connectivity index (χ1n) is 17.8. The van der Waals surface area contributed by atoms with Gasteiger partial charge in [0.05, 0.1) is 25.2 Å². The third kappa shape index (κ3) is 7.91. The Morgan fingerprint density at radius 1 is 0.822 bits per heavy atom. The lowest BCUT2D eigenvalue weighted by Gasteiger charge is -2.47. The Balaban J connectivity index is 1.25. The minimum absolute atomic E-state index is 0.152. The molecule has 3 unspecified atom stereocenters. The van der Waals surface area contributed by atoms with Crippen LogP contribution in [0.2, 0.25) is 0 Å². The number of nitrogens with one attached hydrogen (secondary N) is 1. The number of ether oxygens (including phenoxy) is 3. The van der Waals surface area contributed by atoms with Crippen molar-refractivity contribution in [1.29, 1.82) is 0 Å². The molecule has 3 aliphatic rings. The Kier molecular flexibility index (Phi) is 12.0. The highest BCUT2D eigenvalue weighted by Gasteiger charge is 2.57. The molecular weight excluding hydrogens is 564 g/mol. The lowest BCUT2D eigenvalue weighted by Crippen LogP contribution is -2.60. The average Bonchev–Trinajstić information content (AvgIpc) is 3.60. The number of hydrogen-bond donors (Lipinski definition) is 1. The van der Waals surface area contributed by atoms with E-state index in [4.69, 9.17) is 14.2 Å². The molecule has 45 heavy (non-hydrogen) atoms. The van der Waals surface area contributed by atoms with Crippen LogP contribution >= 0.6 is 0 Å². The third-order valence-corrected chi connectivity index (χ3v) is 10.6. The summed E-state index contributed by atoms with van der Waals surface area (Å²) in [5.74, 6) is -0.450. The van der Waals surface area contributed by atoms with E-state index < -0.39 is 24.0 Å². The van der Waals surface area contributed by atoms with E-state index in [1.165, 1.54) is 81.8 Å². The van der Waals surface area contributed by atoms with Crippen LogP contribution in [0.3, 0.4) is 0 Å². The zero-order chi connectivity index (χ0) is 31.5. The third-order valence-electron chi connectivity index (χ3n) is 10.6. The Labute approximate surface area is 270 Å². The highest BCUT2D eigenvalue weighted by Crippen LogP contribution is 2.47. The maximum absolute atomic E-state index is 14.5. The Hall–Kier alpha value is -2.90. The molecule has 3 aliphatic heterocycles. The summed E-state index contributed by atoms with van der Waals surface area (Å²) in [6.07, 6.45) is 14.7. The molecule has 246 valence electrons. The zero-order valence-electron chi connectivity index (χ0n) is 27.6. The van der Waals surface area contributed by atoms with Gasteiger partial charge in [0.1, 0.15) is 6.10 Å². The topological polar surface area (TPSA) is 73.9 Å². The predicted molar refractivity (Wildman–Crippen MR) is 176 cm³/mol. The number of carbonyl (C=O) groups is 2. The smallest absolute Gasteiger partial charge is 0.409 e. The molecule has 0 aromatic heterocycles. The van der Waals surface area contributed by atoms with Crippen molar-refractivity contribution in [2.75, 3.05) is 19.6 Å². The molecule has 0 aliphatic carbocycles. The summed E-state index contributed by atoms with van der Waals surface area (Å²) < 4.78 is 20.0. The highest BCUT2D eigenvalue weighted by molar-refractivity contribution is 5.86. The van der Waals surface area contributed by atoms with E-state index in [2.05, 4.69) is 12.2 Å². The van der Waals surface area contributed by atoms with Crippen LogP contribution in [-0.2, 0) is 24.6 Å². The van der Waals surface area contributed by atoms with Crippen molar-refractivity contribution < 1.29 is 28.3 Å². The summed E-state index contributed by atoms with van der Waals surface area (Å²) in [7, 11) is 0. The SMILES string of the molecule is CCCCCCCCCCNC(=O)OC(C)OC(C(=O)OC1CC2CCC(C1)[N+]21CCCC1)(c1ccccc1)c1ccccc1.